The van der Waals surface area contributed by atoms with Crippen LogP contribution >= 0.6 is 0 Å². The lowest BCUT2D eigenvalue weighted by Crippen LogP contribution is -2.62. The molecule has 0 spiro atoms. The van der Waals surface area contributed by atoms with Crippen molar-refractivity contribution in [3.8, 4) is 16.9 Å². The first-order chi connectivity index (χ1) is 12.7. The van der Waals surface area contributed by atoms with Crippen LogP contribution in [0.4, 0.5) is 0 Å². The first kappa shape index (κ1) is 19.4. The van der Waals surface area contributed by atoms with Crippen molar-refractivity contribution in [2.45, 2.75) is 57.7 Å². The van der Waals surface area contributed by atoms with Gasteiger partial charge < -0.3 is 15.4 Å². The van der Waals surface area contributed by atoms with Crippen molar-refractivity contribution in [1.29, 1.82) is 0 Å². The molecule has 27 heavy (non-hydrogen) atoms. The molecule has 3 rings (SSSR count). The fraction of sp³-hybridized carbons (Fsp3) is 0.435. The SMILES string of the molecule is CC1(C)CC(NC(=O)COc2ccccc2-c2ccccc2)CC(C)(C)N1. The van der Waals surface area contributed by atoms with E-state index in [-0.39, 0.29) is 29.6 Å². The van der Waals surface area contributed by atoms with Crippen LogP contribution in [0.25, 0.3) is 11.1 Å². The van der Waals surface area contributed by atoms with E-state index in [9.17, 15) is 4.79 Å². The second kappa shape index (κ2) is 7.73. The van der Waals surface area contributed by atoms with Gasteiger partial charge in [-0.1, -0.05) is 48.5 Å². The van der Waals surface area contributed by atoms with E-state index >= 15 is 0 Å². The van der Waals surface area contributed by atoms with Gasteiger partial charge in [-0.05, 0) is 52.2 Å². The first-order valence-corrected chi connectivity index (χ1v) is 9.60. The Balaban J connectivity index is 1.62. The third-order valence-corrected chi connectivity index (χ3v) is 4.89. The Labute approximate surface area is 162 Å². The molecule has 2 aromatic carbocycles. The van der Waals surface area contributed by atoms with Crippen LogP contribution in [0.1, 0.15) is 40.5 Å². The molecule has 0 aliphatic carbocycles. The Kier molecular flexibility index (Phi) is 5.56. The fourth-order valence-corrected chi connectivity index (χ4v) is 4.29. The second-order valence-corrected chi connectivity index (χ2v) is 8.72. The van der Waals surface area contributed by atoms with Crippen LogP contribution in [-0.4, -0.2) is 29.6 Å². The molecule has 1 amide bonds. The van der Waals surface area contributed by atoms with Crippen molar-refractivity contribution < 1.29 is 9.53 Å². The van der Waals surface area contributed by atoms with Crippen LogP contribution in [0.15, 0.2) is 54.6 Å². The summed E-state index contributed by atoms with van der Waals surface area (Å²) in [4.78, 5) is 12.5. The molecule has 0 bridgehead atoms. The van der Waals surface area contributed by atoms with Crippen LogP contribution < -0.4 is 15.4 Å². The zero-order valence-electron chi connectivity index (χ0n) is 16.7. The molecule has 4 heteroatoms. The lowest BCUT2D eigenvalue weighted by molar-refractivity contribution is -0.124. The Morgan fingerprint density at radius 3 is 2.26 bits per heavy atom. The Morgan fingerprint density at radius 1 is 1.00 bits per heavy atom. The number of benzene rings is 2. The summed E-state index contributed by atoms with van der Waals surface area (Å²) in [7, 11) is 0. The Hall–Kier alpha value is -2.33. The van der Waals surface area contributed by atoms with Crippen LogP contribution in [0, 0.1) is 0 Å². The molecular weight excluding hydrogens is 336 g/mol. The van der Waals surface area contributed by atoms with Gasteiger partial charge in [-0.2, -0.15) is 0 Å². The molecule has 1 saturated heterocycles. The summed E-state index contributed by atoms with van der Waals surface area (Å²) >= 11 is 0. The highest BCUT2D eigenvalue weighted by atomic mass is 16.5. The van der Waals surface area contributed by atoms with Crippen molar-refractivity contribution >= 4 is 5.91 Å². The van der Waals surface area contributed by atoms with Gasteiger partial charge in [0, 0.05) is 22.7 Å². The van der Waals surface area contributed by atoms with Crippen molar-refractivity contribution in [2.24, 2.45) is 0 Å². The highest BCUT2D eigenvalue weighted by Gasteiger charge is 2.38. The molecule has 1 fully saturated rings. The van der Waals surface area contributed by atoms with E-state index in [1.165, 1.54) is 0 Å². The average Bonchev–Trinajstić information content (AvgIpc) is 2.58. The number of para-hydroxylation sites is 1. The maximum atomic E-state index is 12.5. The highest BCUT2D eigenvalue weighted by Crippen LogP contribution is 2.30. The Bertz CT molecular complexity index is 768. The van der Waals surface area contributed by atoms with E-state index in [0.29, 0.717) is 0 Å². The Morgan fingerprint density at radius 2 is 1.59 bits per heavy atom. The lowest BCUT2D eigenvalue weighted by atomic mass is 9.79. The standard InChI is InChI=1S/C23H30N2O2/c1-22(2)14-18(15-23(3,4)25-22)24-21(26)16-27-20-13-9-8-12-19(20)17-10-6-5-7-11-17/h5-13,18,25H,14-16H2,1-4H3,(H,24,26). The van der Waals surface area contributed by atoms with Gasteiger partial charge in [0.25, 0.3) is 5.91 Å². The molecule has 0 atom stereocenters. The number of hydrogen-bond donors (Lipinski definition) is 2. The average molecular weight is 367 g/mol. The summed E-state index contributed by atoms with van der Waals surface area (Å²) in [5, 5.41) is 6.79. The van der Waals surface area contributed by atoms with E-state index in [0.717, 1.165) is 29.7 Å². The van der Waals surface area contributed by atoms with Crippen molar-refractivity contribution in [1.82, 2.24) is 10.6 Å². The molecule has 2 N–H and O–H groups in total. The van der Waals surface area contributed by atoms with Gasteiger partial charge in [-0.25, -0.2) is 0 Å². The molecule has 2 aromatic rings. The van der Waals surface area contributed by atoms with E-state index in [1.807, 2.05) is 54.6 Å². The third-order valence-electron chi connectivity index (χ3n) is 4.89. The number of piperidine rings is 1. The van der Waals surface area contributed by atoms with Gasteiger partial charge in [0.15, 0.2) is 6.61 Å². The van der Waals surface area contributed by atoms with Crippen LogP contribution in [0.2, 0.25) is 0 Å². The van der Waals surface area contributed by atoms with Gasteiger partial charge >= 0.3 is 0 Å². The zero-order valence-corrected chi connectivity index (χ0v) is 16.7. The summed E-state index contributed by atoms with van der Waals surface area (Å²) in [5.74, 6) is 0.654. The molecule has 0 aromatic heterocycles. The minimum absolute atomic E-state index is 0.000459. The summed E-state index contributed by atoms with van der Waals surface area (Å²) < 4.78 is 5.87. The molecule has 4 nitrogen and oxygen atoms in total. The topological polar surface area (TPSA) is 50.4 Å². The maximum absolute atomic E-state index is 12.5. The molecular formula is C23H30N2O2. The van der Waals surface area contributed by atoms with Gasteiger partial charge in [0.1, 0.15) is 5.75 Å². The van der Waals surface area contributed by atoms with Gasteiger partial charge in [0.05, 0.1) is 0 Å². The number of rotatable bonds is 5. The second-order valence-electron chi connectivity index (χ2n) is 8.72. The maximum Gasteiger partial charge on any atom is 0.258 e. The van der Waals surface area contributed by atoms with Crippen molar-refractivity contribution in [3.05, 3.63) is 54.6 Å². The van der Waals surface area contributed by atoms with E-state index in [2.05, 4.69) is 38.3 Å². The molecule has 1 heterocycles. The largest absolute Gasteiger partial charge is 0.483 e. The van der Waals surface area contributed by atoms with Crippen LogP contribution in [-0.2, 0) is 4.79 Å². The third kappa shape index (κ3) is 5.33. The number of amides is 1. The zero-order chi connectivity index (χ0) is 19.5. The molecule has 0 radical (unpaired) electrons. The molecule has 1 aliphatic heterocycles. The fourth-order valence-electron chi connectivity index (χ4n) is 4.29. The monoisotopic (exact) mass is 366 g/mol. The summed E-state index contributed by atoms with van der Waals surface area (Å²) in [5.41, 5.74) is 2.08. The lowest BCUT2D eigenvalue weighted by Gasteiger charge is -2.46. The number of carbonyl (C=O) groups excluding carboxylic acids is 1. The number of ether oxygens (including phenoxy) is 1. The quantitative estimate of drug-likeness (QED) is 0.835. The molecule has 1 aliphatic rings. The number of hydrogen-bond acceptors (Lipinski definition) is 3. The number of carbonyl (C=O) groups is 1. The normalized spacial score (nSPS) is 18.7. The summed E-state index contributed by atoms with van der Waals surface area (Å²) in [6, 6.07) is 18.1. The van der Waals surface area contributed by atoms with E-state index < -0.39 is 0 Å². The smallest absolute Gasteiger partial charge is 0.258 e. The number of nitrogens with one attached hydrogen (secondary N) is 2. The first-order valence-electron chi connectivity index (χ1n) is 9.60. The summed E-state index contributed by atoms with van der Waals surface area (Å²) in [6.07, 6.45) is 1.81. The van der Waals surface area contributed by atoms with Crippen LogP contribution in [0.3, 0.4) is 0 Å². The molecule has 144 valence electrons. The minimum Gasteiger partial charge on any atom is -0.483 e. The highest BCUT2D eigenvalue weighted by molar-refractivity contribution is 5.78. The predicted molar refractivity (Wildman–Crippen MR) is 110 cm³/mol. The van der Waals surface area contributed by atoms with Crippen molar-refractivity contribution in [2.75, 3.05) is 6.61 Å². The van der Waals surface area contributed by atoms with Gasteiger partial charge in [-0.3, -0.25) is 4.79 Å². The van der Waals surface area contributed by atoms with Gasteiger partial charge in [-0.15, -0.1) is 0 Å². The van der Waals surface area contributed by atoms with Crippen molar-refractivity contribution in [3.63, 3.8) is 0 Å². The van der Waals surface area contributed by atoms with Gasteiger partial charge in [0.2, 0.25) is 0 Å². The molecule has 0 unspecified atom stereocenters. The predicted octanol–water partition coefficient (Wildman–Crippen LogP) is 4.16. The van der Waals surface area contributed by atoms with E-state index in [4.69, 9.17) is 4.74 Å². The van der Waals surface area contributed by atoms with E-state index in [1.54, 1.807) is 0 Å². The molecule has 0 saturated carbocycles. The summed E-state index contributed by atoms with van der Waals surface area (Å²) in [6.45, 7) is 8.74. The minimum atomic E-state index is -0.0728. The van der Waals surface area contributed by atoms with Crippen LogP contribution in [0.5, 0.6) is 5.75 Å².